The van der Waals surface area contributed by atoms with Gasteiger partial charge in [0.05, 0.1) is 5.01 Å². The monoisotopic (exact) mass is 232 g/mol. The second-order valence-electron chi connectivity index (χ2n) is 2.98. The fraction of sp³-hybridized carbons (Fsp3) is 0.556. The molecule has 0 spiro atoms. The van der Waals surface area contributed by atoms with Gasteiger partial charge < -0.3 is 5.21 Å². The van der Waals surface area contributed by atoms with Gasteiger partial charge >= 0.3 is 0 Å². The highest BCUT2D eigenvalue weighted by atomic mass is 35.5. The summed E-state index contributed by atoms with van der Waals surface area (Å²) in [6, 6.07) is 0. The fourth-order valence-electron chi connectivity index (χ4n) is 1.26. The Morgan fingerprint density at radius 1 is 1.64 bits per heavy atom. The molecular weight excluding hydrogens is 220 g/mol. The van der Waals surface area contributed by atoms with E-state index in [1.54, 1.807) is 11.3 Å². The van der Waals surface area contributed by atoms with E-state index in [1.807, 2.05) is 5.38 Å². The normalized spacial score (nSPS) is 12.4. The summed E-state index contributed by atoms with van der Waals surface area (Å²) in [5, 5.41) is 14.3. The van der Waals surface area contributed by atoms with Crippen LogP contribution in [0.4, 0.5) is 0 Å². The molecule has 1 aromatic rings. The van der Waals surface area contributed by atoms with E-state index in [1.165, 1.54) is 0 Å². The molecule has 1 rings (SSSR count). The van der Waals surface area contributed by atoms with Gasteiger partial charge in [-0.1, -0.05) is 30.6 Å². The third-order valence-corrected chi connectivity index (χ3v) is 3.43. The minimum Gasteiger partial charge on any atom is -0.410 e. The van der Waals surface area contributed by atoms with Crippen molar-refractivity contribution in [1.29, 1.82) is 0 Å². The molecule has 0 radical (unpaired) electrons. The summed E-state index contributed by atoms with van der Waals surface area (Å²) in [5.41, 5.74) is 0.557. The van der Waals surface area contributed by atoms with E-state index in [0.29, 0.717) is 11.6 Å². The lowest BCUT2D eigenvalue weighted by Gasteiger charge is -2.06. The van der Waals surface area contributed by atoms with Gasteiger partial charge in [-0.25, -0.2) is 4.98 Å². The number of hydrogen-bond donors (Lipinski definition) is 1. The molecular formula is C9H13ClN2OS. The zero-order valence-corrected chi connectivity index (χ0v) is 9.77. The molecule has 1 heterocycles. The lowest BCUT2D eigenvalue weighted by molar-refractivity contribution is 0.320. The molecule has 0 atom stereocenters. The van der Waals surface area contributed by atoms with E-state index >= 15 is 0 Å². The third-order valence-electron chi connectivity index (χ3n) is 2.16. The molecule has 0 fully saturated rings. The largest absolute Gasteiger partial charge is 0.410 e. The van der Waals surface area contributed by atoms with Crippen molar-refractivity contribution >= 4 is 28.1 Å². The van der Waals surface area contributed by atoms with Crippen LogP contribution in [0.25, 0.3) is 0 Å². The van der Waals surface area contributed by atoms with Crippen LogP contribution < -0.4 is 0 Å². The SMILES string of the molecule is CCC(CC)c1nc(/C(Cl)=N/O)cs1. The summed E-state index contributed by atoms with van der Waals surface area (Å²) < 4.78 is 0. The lowest BCUT2D eigenvalue weighted by Crippen LogP contribution is -1.97. The molecule has 78 valence electrons. The molecule has 0 saturated heterocycles. The van der Waals surface area contributed by atoms with Crippen molar-refractivity contribution in [2.45, 2.75) is 32.6 Å². The maximum Gasteiger partial charge on any atom is 0.194 e. The Morgan fingerprint density at radius 2 is 2.29 bits per heavy atom. The molecule has 0 amide bonds. The molecule has 0 unspecified atom stereocenters. The van der Waals surface area contributed by atoms with Crippen LogP contribution in [0.3, 0.4) is 0 Å². The first-order chi connectivity index (χ1) is 6.72. The van der Waals surface area contributed by atoms with E-state index in [4.69, 9.17) is 16.8 Å². The fourth-order valence-corrected chi connectivity index (χ4v) is 2.49. The zero-order valence-electron chi connectivity index (χ0n) is 8.20. The van der Waals surface area contributed by atoms with Crippen LogP contribution in [-0.2, 0) is 0 Å². The Bertz CT molecular complexity index is 320. The predicted molar refractivity (Wildman–Crippen MR) is 59.6 cm³/mol. The van der Waals surface area contributed by atoms with Crippen molar-refractivity contribution in [3.63, 3.8) is 0 Å². The first kappa shape index (κ1) is 11.5. The Hall–Kier alpha value is -0.610. The van der Waals surface area contributed by atoms with Crippen LogP contribution in [0.1, 0.15) is 43.3 Å². The molecule has 5 heteroatoms. The van der Waals surface area contributed by atoms with Gasteiger partial charge in [-0.3, -0.25) is 0 Å². The highest BCUT2D eigenvalue weighted by molar-refractivity contribution is 7.10. The van der Waals surface area contributed by atoms with Crippen molar-refractivity contribution in [1.82, 2.24) is 4.98 Å². The van der Waals surface area contributed by atoms with Gasteiger partial charge in [0.2, 0.25) is 0 Å². The maximum atomic E-state index is 8.47. The van der Waals surface area contributed by atoms with Crippen molar-refractivity contribution in [2.24, 2.45) is 5.16 Å². The van der Waals surface area contributed by atoms with Gasteiger partial charge in [-0.15, -0.1) is 11.3 Å². The summed E-state index contributed by atoms with van der Waals surface area (Å²) in [7, 11) is 0. The Kier molecular flexibility index (Phi) is 4.35. The van der Waals surface area contributed by atoms with Gasteiger partial charge in [0, 0.05) is 11.3 Å². The van der Waals surface area contributed by atoms with Crippen LogP contribution >= 0.6 is 22.9 Å². The summed E-state index contributed by atoms with van der Waals surface area (Å²) in [5.74, 6) is 0.483. The molecule has 1 N–H and O–H groups in total. The third kappa shape index (κ3) is 2.45. The lowest BCUT2D eigenvalue weighted by atomic mass is 10.1. The standard InChI is InChI=1S/C9H13ClN2OS/c1-3-6(4-2)9-11-7(5-14-9)8(10)12-13/h5-6,13H,3-4H2,1-2H3/b12-8-. The molecule has 0 aromatic carbocycles. The van der Waals surface area contributed by atoms with E-state index in [9.17, 15) is 0 Å². The minimum absolute atomic E-state index is 0.0541. The van der Waals surface area contributed by atoms with Crippen molar-refractivity contribution in [3.05, 3.63) is 16.1 Å². The first-order valence-corrected chi connectivity index (χ1v) is 5.82. The van der Waals surface area contributed by atoms with Crippen LogP contribution in [0, 0.1) is 0 Å². The number of thiazole rings is 1. The van der Waals surface area contributed by atoms with Crippen LogP contribution in [0.2, 0.25) is 0 Å². The van der Waals surface area contributed by atoms with E-state index < -0.39 is 0 Å². The average Bonchev–Trinajstić information content (AvgIpc) is 2.68. The second-order valence-corrected chi connectivity index (χ2v) is 4.22. The predicted octanol–water partition coefficient (Wildman–Crippen LogP) is 3.42. The molecule has 0 saturated carbocycles. The molecule has 1 aromatic heterocycles. The molecule has 0 bridgehead atoms. The number of hydrogen-bond acceptors (Lipinski definition) is 4. The van der Waals surface area contributed by atoms with Crippen molar-refractivity contribution in [2.75, 3.05) is 0 Å². The Labute approximate surface area is 92.4 Å². The van der Waals surface area contributed by atoms with E-state index in [2.05, 4.69) is 24.0 Å². The van der Waals surface area contributed by atoms with Gasteiger partial charge in [0.15, 0.2) is 5.17 Å². The smallest absolute Gasteiger partial charge is 0.194 e. The summed E-state index contributed by atoms with van der Waals surface area (Å²) in [6.07, 6.45) is 2.13. The number of halogens is 1. The van der Waals surface area contributed by atoms with Crippen molar-refractivity contribution < 1.29 is 5.21 Å². The zero-order chi connectivity index (χ0) is 10.6. The summed E-state index contributed by atoms with van der Waals surface area (Å²) in [4.78, 5) is 4.32. The van der Waals surface area contributed by atoms with Gasteiger partial charge in [0.25, 0.3) is 0 Å². The highest BCUT2D eigenvalue weighted by Crippen LogP contribution is 2.26. The van der Waals surface area contributed by atoms with Crippen LogP contribution in [-0.4, -0.2) is 15.4 Å². The highest BCUT2D eigenvalue weighted by Gasteiger charge is 2.13. The quantitative estimate of drug-likeness (QED) is 0.491. The number of nitrogens with zero attached hydrogens (tertiary/aromatic N) is 2. The summed E-state index contributed by atoms with van der Waals surface area (Å²) in [6.45, 7) is 4.27. The maximum absolute atomic E-state index is 8.47. The van der Waals surface area contributed by atoms with Crippen LogP contribution in [0.5, 0.6) is 0 Å². The van der Waals surface area contributed by atoms with Crippen LogP contribution in [0.15, 0.2) is 10.5 Å². The Balaban J connectivity index is 2.87. The second kappa shape index (κ2) is 5.32. The van der Waals surface area contributed by atoms with Crippen molar-refractivity contribution in [3.8, 4) is 0 Å². The topological polar surface area (TPSA) is 45.5 Å². The Morgan fingerprint density at radius 3 is 2.79 bits per heavy atom. The summed E-state index contributed by atoms with van der Waals surface area (Å²) >= 11 is 7.20. The molecule has 0 aliphatic heterocycles. The molecule has 0 aliphatic rings. The van der Waals surface area contributed by atoms with Gasteiger partial charge in [-0.2, -0.15) is 0 Å². The molecule has 3 nitrogen and oxygen atoms in total. The minimum atomic E-state index is 0.0541. The van der Waals surface area contributed by atoms with Gasteiger partial charge in [0.1, 0.15) is 5.69 Å². The first-order valence-electron chi connectivity index (χ1n) is 4.56. The number of oxime groups is 1. The average molecular weight is 233 g/mol. The molecule has 0 aliphatic carbocycles. The molecule has 14 heavy (non-hydrogen) atoms. The van der Waals surface area contributed by atoms with Gasteiger partial charge in [-0.05, 0) is 12.8 Å². The van der Waals surface area contributed by atoms with E-state index in [0.717, 1.165) is 17.8 Å². The number of aromatic nitrogens is 1. The van der Waals surface area contributed by atoms with E-state index in [-0.39, 0.29) is 5.17 Å². The number of rotatable bonds is 4.